The molecule has 2 aliphatic rings. The standard InChI is InChI=1S/C17H20N4O3S/c1-10(25-17-19-15(20-21-17)11-4-2-3-5-11)16(22)18-12-6-7-13-14(8-12)24-9-23-13/h6-8,10-11H,2-5,9H2,1H3,(H,18,22)(H,19,20,21)/t10-/m0/s1. The van der Waals surface area contributed by atoms with Gasteiger partial charge in [-0.3, -0.25) is 9.89 Å². The zero-order chi connectivity index (χ0) is 17.2. The van der Waals surface area contributed by atoms with Gasteiger partial charge in [0.05, 0.1) is 5.25 Å². The first-order valence-electron chi connectivity index (χ1n) is 8.48. The van der Waals surface area contributed by atoms with Crippen molar-refractivity contribution in [2.75, 3.05) is 12.1 Å². The van der Waals surface area contributed by atoms with Crippen LogP contribution in [-0.2, 0) is 4.79 Å². The number of thioether (sulfide) groups is 1. The van der Waals surface area contributed by atoms with E-state index in [0.29, 0.717) is 28.3 Å². The molecule has 0 radical (unpaired) electrons. The predicted molar refractivity (Wildman–Crippen MR) is 94.1 cm³/mol. The lowest BCUT2D eigenvalue weighted by Crippen LogP contribution is -2.22. The second-order valence-corrected chi connectivity index (χ2v) is 7.61. The van der Waals surface area contributed by atoms with E-state index in [1.54, 1.807) is 18.2 Å². The van der Waals surface area contributed by atoms with Crippen LogP contribution in [0.1, 0.15) is 44.3 Å². The normalized spacial score (nSPS) is 17.6. The summed E-state index contributed by atoms with van der Waals surface area (Å²) < 4.78 is 10.6. The van der Waals surface area contributed by atoms with E-state index in [4.69, 9.17) is 9.47 Å². The summed E-state index contributed by atoms with van der Waals surface area (Å²) in [6, 6.07) is 5.36. The van der Waals surface area contributed by atoms with Crippen molar-refractivity contribution in [3.63, 3.8) is 0 Å². The van der Waals surface area contributed by atoms with Crippen LogP contribution in [0.4, 0.5) is 5.69 Å². The molecule has 2 heterocycles. The summed E-state index contributed by atoms with van der Waals surface area (Å²) in [6.45, 7) is 2.06. The third-order valence-electron chi connectivity index (χ3n) is 4.52. The number of benzene rings is 1. The Bertz CT molecular complexity index is 773. The molecular weight excluding hydrogens is 340 g/mol. The number of ether oxygens (including phenoxy) is 2. The number of fused-ring (bicyclic) bond motifs is 1. The van der Waals surface area contributed by atoms with Crippen LogP contribution in [0.3, 0.4) is 0 Å². The van der Waals surface area contributed by atoms with Crippen LogP contribution in [0.25, 0.3) is 0 Å². The molecule has 1 aromatic heterocycles. The molecule has 0 bridgehead atoms. The number of amides is 1. The fourth-order valence-electron chi connectivity index (χ4n) is 3.12. The zero-order valence-corrected chi connectivity index (χ0v) is 14.8. The first-order chi connectivity index (χ1) is 12.2. The minimum atomic E-state index is -0.308. The van der Waals surface area contributed by atoms with Crippen molar-refractivity contribution in [3.05, 3.63) is 24.0 Å². The maximum atomic E-state index is 12.4. The quantitative estimate of drug-likeness (QED) is 0.795. The number of aromatic nitrogens is 3. The maximum Gasteiger partial charge on any atom is 0.237 e. The lowest BCUT2D eigenvalue weighted by molar-refractivity contribution is -0.115. The van der Waals surface area contributed by atoms with Gasteiger partial charge < -0.3 is 14.8 Å². The number of carbonyl (C=O) groups excluding carboxylic acids is 1. The van der Waals surface area contributed by atoms with Crippen molar-refractivity contribution in [2.24, 2.45) is 0 Å². The van der Waals surface area contributed by atoms with Crippen LogP contribution < -0.4 is 14.8 Å². The summed E-state index contributed by atoms with van der Waals surface area (Å²) in [4.78, 5) is 17.0. The number of hydrogen-bond donors (Lipinski definition) is 2. The first-order valence-corrected chi connectivity index (χ1v) is 9.36. The molecule has 1 atom stereocenters. The molecule has 0 unspecified atom stereocenters. The maximum absolute atomic E-state index is 12.4. The molecule has 1 saturated carbocycles. The SMILES string of the molecule is C[C@H](Sc1n[nH]c(C2CCCC2)n1)C(=O)Nc1ccc2c(c1)OCO2. The molecule has 4 rings (SSSR count). The van der Waals surface area contributed by atoms with E-state index in [2.05, 4.69) is 20.5 Å². The van der Waals surface area contributed by atoms with Gasteiger partial charge in [0, 0.05) is 17.7 Å². The van der Waals surface area contributed by atoms with Crippen molar-refractivity contribution in [2.45, 2.75) is 48.9 Å². The largest absolute Gasteiger partial charge is 0.454 e. The van der Waals surface area contributed by atoms with Gasteiger partial charge in [0.1, 0.15) is 5.82 Å². The lowest BCUT2D eigenvalue weighted by atomic mass is 10.1. The molecule has 0 spiro atoms. The van der Waals surface area contributed by atoms with Gasteiger partial charge in [-0.15, -0.1) is 5.10 Å². The Labute approximate surface area is 149 Å². The summed E-state index contributed by atoms with van der Waals surface area (Å²) in [5.41, 5.74) is 0.684. The number of carbonyl (C=O) groups is 1. The molecule has 2 N–H and O–H groups in total. The van der Waals surface area contributed by atoms with Gasteiger partial charge in [-0.25, -0.2) is 4.98 Å². The average molecular weight is 360 g/mol. The van der Waals surface area contributed by atoms with Crippen LogP contribution in [0.15, 0.2) is 23.4 Å². The summed E-state index contributed by atoms with van der Waals surface area (Å²) in [5, 5.41) is 10.5. The third kappa shape index (κ3) is 3.58. The van der Waals surface area contributed by atoms with E-state index in [9.17, 15) is 4.79 Å². The van der Waals surface area contributed by atoms with Crippen molar-refractivity contribution >= 4 is 23.4 Å². The summed E-state index contributed by atoms with van der Waals surface area (Å²) in [5.74, 6) is 2.67. The molecule has 1 amide bonds. The van der Waals surface area contributed by atoms with E-state index in [0.717, 1.165) is 5.82 Å². The van der Waals surface area contributed by atoms with Crippen molar-refractivity contribution in [3.8, 4) is 11.5 Å². The Balaban J connectivity index is 1.35. The fourth-order valence-corrected chi connectivity index (χ4v) is 3.85. The highest BCUT2D eigenvalue weighted by molar-refractivity contribution is 8.00. The summed E-state index contributed by atoms with van der Waals surface area (Å²) in [6.07, 6.45) is 4.84. The summed E-state index contributed by atoms with van der Waals surface area (Å²) >= 11 is 1.35. The molecule has 132 valence electrons. The number of nitrogens with one attached hydrogen (secondary N) is 2. The Morgan fingerprint density at radius 2 is 2.12 bits per heavy atom. The van der Waals surface area contributed by atoms with Crippen LogP contribution in [-0.4, -0.2) is 33.1 Å². The second kappa shape index (κ2) is 6.95. The molecule has 25 heavy (non-hydrogen) atoms. The van der Waals surface area contributed by atoms with Crippen molar-refractivity contribution in [1.82, 2.24) is 15.2 Å². The second-order valence-electron chi connectivity index (χ2n) is 6.30. The number of H-pyrrole nitrogens is 1. The van der Waals surface area contributed by atoms with Crippen LogP contribution in [0, 0.1) is 0 Å². The van der Waals surface area contributed by atoms with Gasteiger partial charge in [-0.05, 0) is 31.9 Å². The number of aromatic amines is 1. The van der Waals surface area contributed by atoms with Gasteiger partial charge in [0.15, 0.2) is 11.5 Å². The van der Waals surface area contributed by atoms with E-state index in [1.165, 1.54) is 37.4 Å². The fraction of sp³-hybridized carbons (Fsp3) is 0.471. The van der Waals surface area contributed by atoms with Crippen LogP contribution in [0.5, 0.6) is 11.5 Å². The van der Waals surface area contributed by atoms with Crippen LogP contribution in [0.2, 0.25) is 0 Å². The zero-order valence-electron chi connectivity index (χ0n) is 13.9. The molecule has 1 aliphatic heterocycles. The molecule has 1 aromatic carbocycles. The number of nitrogens with zero attached hydrogens (tertiary/aromatic N) is 2. The molecule has 7 nitrogen and oxygen atoms in total. The van der Waals surface area contributed by atoms with E-state index in [-0.39, 0.29) is 18.0 Å². The predicted octanol–water partition coefficient (Wildman–Crippen LogP) is 3.31. The van der Waals surface area contributed by atoms with Gasteiger partial charge in [0.2, 0.25) is 17.9 Å². The van der Waals surface area contributed by atoms with Gasteiger partial charge in [0.25, 0.3) is 0 Å². The lowest BCUT2D eigenvalue weighted by Gasteiger charge is -2.10. The van der Waals surface area contributed by atoms with Crippen molar-refractivity contribution in [1.29, 1.82) is 0 Å². The molecule has 8 heteroatoms. The topological polar surface area (TPSA) is 89.1 Å². The van der Waals surface area contributed by atoms with E-state index < -0.39 is 0 Å². The number of rotatable bonds is 5. The number of hydrogen-bond acceptors (Lipinski definition) is 6. The Morgan fingerprint density at radius 3 is 2.96 bits per heavy atom. The molecule has 2 aromatic rings. The number of anilines is 1. The van der Waals surface area contributed by atoms with E-state index >= 15 is 0 Å². The Morgan fingerprint density at radius 1 is 1.32 bits per heavy atom. The molecule has 1 aliphatic carbocycles. The minimum absolute atomic E-state index is 0.101. The first kappa shape index (κ1) is 16.3. The monoisotopic (exact) mass is 360 g/mol. The summed E-state index contributed by atoms with van der Waals surface area (Å²) in [7, 11) is 0. The highest BCUT2D eigenvalue weighted by Gasteiger charge is 2.23. The van der Waals surface area contributed by atoms with Crippen LogP contribution >= 0.6 is 11.8 Å². The third-order valence-corrected chi connectivity index (χ3v) is 5.48. The molecular formula is C17H20N4O3S. The van der Waals surface area contributed by atoms with Crippen molar-refractivity contribution < 1.29 is 14.3 Å². The highest BCUT2D eigenvalue weighted by atomic mass is 32.2. The Hall–Kier alpha value is -2.22. The van der Waals surface area contributed by atoms with E-state index in [1.807, 2.05) is 6.92 Å². The van der Waals surface area contributed by atoms with Gasteiger partial charge >= 0.3 is 0 Å². The van der Waals surface area contributed by atoms with Gasteiger partial charge in [-0.1, -0.05) is 24.6 Å². The Kier molecular flexibility index (Phi) is 4.52. The highest BCUT2D eigenvalue weighted by Crippen LogP contribution is 2.35. The smallest absolute Gasteiger partial charge is 0.237 e. The molecule has 0 saturated heterocycles. The molecule has 1 fully saturated rings. The minimum Gasteiger partial charge on any atom is -0.454 e. The van der Waals surface area contributed by atoms with Gasteiger partial charge in [-0.2, -0.15) is 0 Å². The average Bonchev–Trinajstić information content (AvgIpc) is 3.35.